The van der Waals surface area contributed by atoms with Crippen molar-refractivity contribution in [2.24, 2.45) is 0 Å². The summed E-state index contributed by atoms with van der Waals surface area (Å²) < 4.78 is 12.1. The highest BCUT2D eigenvalue weighted by molar-refractivity contribution is 9.10. The molecule has 0 aliphatic heterocycles. The van der Waals surface area contributed by atoms with Crippen LogP contribution in [0, 0.1) is 6.92 Å². The lowest BCUT2D eigenvalue weighted by molar-refractivity contribution is 0.217. The summed E-state index contributed by atoms with van der Waals surface area (Å²) in [5.41, 5.74) is 1.11. The topological polar surface area (TPSA) is 18.5 Å². The van der Waals surface area contributed by atoms with Crippen LogP contribution in [0.25, 0.3) is 0 Å². The molecule has 0 amide bonds. The first-order chi connectivity index (χ1) is 9.15. The van der Waals surface area contributed by atoms with E-state index in [0.717, 1.165) is 15.8 Å². The van der Waals surface area contributed by atoms with E-state index in [2.05, 4.69) is 15.9 Å². The molecule has 0 bridgehead atoms. The minimum Gasteiger partial charge on any atom is -0.490 e. The van der Waals surface area contributed by atoms with Gasteiger partial charge in [0.15, 0.2) is 0 Å². The Labute approximate surface area is 126 Å². The lowest BCUT2D eigenvalue weighted by Crippen LogP contribution is -2.09. The molecule has 0 saturated heterocycles. The molecule has 0 spiro atoms. The third kappa shape index (κ3) is 4.44. The van der Waals surface area contributed by atoms with Gasteiger partial charge in [-0.05, 0) is 42.8 Å². The molecule has 2 aromatic rings. The number of hydrogen-bond donors (Lipinski definition) is 0. The summed E-state index contributed by atoms with van der Waals surface area (Å²) in [7, 11) is 0. The largest absolute Gasteiger partial charge is 0.490 e. The molecule has 0 saturated carbocycles. The summed E-state index contributed by atoms with van der Waals surface area (Å²) >= 11 is 9.47. The van der Waals surface area contributed by atoms with Crippen molar-refractivity contribution in [3.63, 3.8) is 0 Å². The Balaban J connectivity index is 1.81. The molecule has 0 radical (unpaired) electrons. The van der Waals surface area contributed by atoms with Gasteiger partial charge in [-0.25, -0.2) is 0 Å². The molecule has 0 aliphatic rings. The van der Waals surface area contributed by atoms with Crippen molar-refractivity contribution < 1.29 is 9.47 Å². The van der Waals surface area contributed by atoms with E-state index in [-0.39, 0.29) is 0 Å². The maximum atomic E-state index is 6.07. The highest BCUT2D eigenvalue weighted by atomic mass is 79.9. The monoisotopic (exact) mass is 340 g/mol. The minimum atomic E-state index is 0.454. The molecule has 0 atom stereocenters. The Morgan fingerprint density at radius 1 is 1.05 bits per heavy atom. The van der Waals surface area contributed by atoms with E-state index in [1.807, 2.05) is 49.4 Å². The highest BCUT2D eigenvalue weighted by Gasteiger charge is 2.01. The second kappa shape index (κ2) is 6.83. The van der Waals surface area contributed by atoms with E-state index in [4.69, 9.17) is 21.1 Å². The lowest BCUT2D eigenvalue weighted by Gasteiger charge is -2.10. The molecule has 2 nitrogen and oxygen atoms in total. The Bertz CT molecular complexity index is 558. The number of ether oxygens (including phenoxy) is 2. The second-order valence-electron chi connectivity index (χ2n) is 4.09. The van der Waals surface area contributed by atoms with Gasteiger partial charge in [-0.15, -0.1) is 0 Å². The Morgan fingerprint density at radius 2 is 1.84 bits per heavy atom. The molecule has 0 heterocycles. The van der Waals surface area contributed by atoms with Crippen LogP contribution in [0.1, 0.15) is 5.56 Å². The van der Waals surface area contributed by atoms with Crippen LogP contribution in [-0.4, -0.2) is 13.2 Å². The van der Waals surface area contributed by atoms with Crippen molar-refractivity contribution in [1.82, 2.24) is 0 Å². The fourth-order valence-electron chi connectivity index (χ4n) is 1.59. The van der Waals surface area contributed by atoms with Gasteiger partial charge in [-0.2, -0.15) is 0 Å². The first-order valence-corrected chi connectivity index (χ1v) is 7.09. The minimum absolute atomic E-state index is 0.454. The van der Waals surface area contributed by atoms with Gasteiger partial charge in [0.1, 0.15) is 24.7 Å². The highest BCUT2D eigenvalue weighted by Crippen LogP contribution is 2.25. The van der Waals surface area contributed by atoms with E-state index in [1.54, 1.807) is 0 Å². The van der Waals surface area contributed by atoms with Crippen LogP contribution < -0.4 is 9.47 Å². The first kappa shape index (κ1) is 14.2. The van der Waals surface area contributed by atoms with Crippen molar-refractivity contribution in [2.45, 2.75) is 6.92 Å². The van der Waals surface area contributed by atoms with Gasteiger partial charge in [0, 0.05) is 4.47 Å². The summed E-state index contributed by atoms with van der Waals surface area (Å²) in [6.45, 7) is 2.92. The molecule has 2 rings (SSSR count). The third-order valence-electron chi connectivity index (χ3n) is 2.49. The van der Waals surface area contributed by atoms with Gasteiger partial charge in [0.25, 0.3) is 0 Å². The number of benzene rings is 2. The van der Waals surface area contributed by atoms with Crippen molar-refractivity contribution in [3.8, 4) is 11.5 Å². The predicted molar refractivity (Wildman–Crippen MR) is 81.3 cm³/mol. The molecule has 2 aromatic carbocycles. The van der Waals surface area contributed by atoms with E-state index in [9.17, 15) is 0 Å². The number of aryl methyl sites for hydroxylation is 1. The summed E-state index contributed by atoms with van der Waals surface area (Å²) in [6.07, 6.45) is 0. The van der Waals surface area contributed by atoms with Crippen LogP contribution in [0.2, 0.25) is 5.02 Å². The zero-order valence-corrected chi connectivity index (χ0v) is 12.9. The summed E-state index contributed by atoms with van der Waals surface area (Å²) in [5.74, 6) is 1.50. The van der Waals surface area contributed by atoms with Gasteiger partial charge in [-0.3, -0.25) is 0 Å². The molecule has 0 N–H and O–H groups in total. The van der Waals surface area contributed by atoms with Gasteiger partial charge in [-0.1, -0.05) is 39.7 Å². The van der Waals surface area contributed by atoms with Crippen LogP contribution in [0.15, 0.2) is 46.9 Å². The summed E-state index contributed by atoms with van der Waals surface area (Å²) in [4.78, 5) is 0. The Morgan fingerprint density at radius 3 is 2.58 bits per heavy atom. The van der Waals surface area contributed by atoms with Crippen LogP contribution in [0.5, 0.6) is 11.5 Å². The molecule has 4 heteroatoms. The maximum Gasteiger partial charge on any atom is 0.138 e. The van der Waals surface area contributed by atoms with Crippen LogP contribution >= 0.6 is 27.5 Å². The second-order valence-corrected chi connectivity index (χ2v) is 5.41. The number of halogens is 2. The lowest BCUT2D eigenvalue weighted by atomic mass is 10.2. The average molecular weight is 342 g/mol. The van der Waals surface area contributed by atoms with Crippen molar-refractivity contribution in [1.29, 1.82) is 0 Å². The maximum absolute atomic E-state index is 6.07. The fourth-order valence-corrected chi connectivity index (χ4v) is 2.26. The molecule has 100 valence electrons. The zero-order chi connectivity index (χ0) is 13.7. The number of hydrogen-bond acceptors (Lipinski definition) is 2. The van der Waals surface area contributed by atoms with Crippen molar-refractivity contribution in [3.05, 3.63) is 57.5 Å². The van der Waals surface area contributed by atoms with Crippen LogP contribution in [-0.2, 0) is 0 Å². The Kier molecular flexibility index (Phi) is 5.11. The van der Waals surface area contributed by atoms with Gasteiger partial charge >= 0.3 is 0 Å². The fraction of sp³-hybridized carbons (Fsp3) is 0.200. The predicted octanol–water partition coefficient (Wildman–Crippen LogP) is 4.87. The van der Waals surface area contributed by atoms with E-state index >= 15 is 0 Å². The Hall–Kier alpha value is -1.19. The molecular weight excluding hydrogens is 328 g/mol. The van der Waals surface area contributed by atoms with Gasteiger partial charge in [0.2, 0.25) is 0 Å². The standard InChI is InChI=1S/C15H14BrClO2/c1-11-5-6-15(14(17)9-11)19-8-7-18-13-4-2-3-12(16)10-13/h2-6,9-10H,7-8H2,1H3. The van der Waals surface area contributed by atoms with E-state index in [1.165, 1.54) is 0 Å². The van der Waals surface area contributed by atoms with Gasteiger partial charge < -0.3 is 9.47 Å². The van der Waals surface area contributed by atoms with Crippen LogP contribution in [0.4, 0.5) is 0 Å². The number of rotatable bonds is 5. The normalized spacial score (nSPS) is 10.3. The SMILES string of the molecule is Cc1ccc(OCCOc2cccc(Br)c2)c(Cl)c1. The smallest absolute Gasteiger partial charge is 0.138 e. The first-order valence-electron chi connectivity index (χ1n) is 5.92. The van der Waals surface area contributed by atoms with Crippen LogP contribution in [0.3, 0.4) is 0 Å². The summed E-state index contributed by atoms with van der Waals surface area (Å²) in [6, 6.07) is 13.4. The quantitative estimate of drug-likeness (QED) is 0.722. The van der Waals surface area contributed by atoms with Crippen molar-refractivity contribution in [2.75, 3.05) is 13.2 Å². The molecule has 0 fully saturated rings. The zero-order valence-electron chi connectivity index (χ0n) is 10.5. The van der Waals surface area contributed by atoms with E-state index < -0.39 is 0 Å². The molecule has 0 unspecified atom stereocenters. The molecular formula is C15H14BrClO2. The molecule has 19 heavy (non-hydrogen) atoms. The summed E-state index contributed by atoms with van der Waals surface area (Å²) in [5, 5.41) is 0.627. The molecule has 0 aliphatic carbocycles. The van der Waals surface area contributed by atoms with Gasteiger partial charge in [0.05, 0.1) is 5.02 Å². The molecule has 0 aromatic heterocycles. The van der Waals surface area contributed by atoms with Crippen molar-refractivity contribution >= 4 is 27.5 Å². The third-order valence-corrected chi connectivity index (χ3v) is 3.28. The average Bonchev–Trinajstić information content (AvgIpc) is 2.37. The van der Waals surface area contributed by atoms with E-state index in [0.29, 0.717) is 24.0 Å².